The van der Waals surface area contributed by atoms with Crippen LogP contribution in [0.5, 0.6) is 11.5 Å². The Morgan fingerprint density at radius 1 is 0.909 bits per heavy atom. The smallest absolute Gasteiger partial charge is 0.328 e. The molecule has 1 aliphatic heterocycles. The molecule has 1 heterocycles. The van der Waals surface area contributed by atoms with Crippen LogP contribution in [0.4, 0.5) is 0 Å². The Morgan fingerprint density at radius 3 is 2.11 bits per heavy atom. The van der Waals surface area contributed by atoms with Crippen LogP contribution in [0, 0.1) is 0 Å². The first-order valence-electron chi connectivity index (χ1n) is 14.1. The Bertz CT molecular complexity index is 1500. The lowest BCUT2D eigenvalue weighted by Gasteiger charge is -2.38. The van der Waals surface area contributed by atoms with Gasteiger partial charge in [-0.25, -0.2) is 13.2 Å². The van der Waals surface area contributed by atoms with E-state index in [2.05, 4.69) is 5.32 Å². The molecule has 236 valence electrons. The van der Waals surface area contributed by atoms with E-state index in [0.29, 0.717) is 37.7 Å². The van der Waals surface area contributed by atoms with Crippen LogP contribution in [-0.4, -0.2) is 84.9 Å². The predicted octanol–water partition coefficient (Wildman–Crippen LogP) is 3.20. The van der Waals surface area contributed by atoms with Crippen LogP contribution in [-0.2, 0) is 46.9 Å². The summed E-state index contributed by atoms with van der Waals surface area (Å²) in [6, 6.07) is 17.2. The predicted molar refractivity (Wildman–Crippen MR) is 163 cm³/mol. The molecule has 1 N–H and O–H groups in total. The van der Waals surface area contributed by atoms with Crippen molar-refractivity contribution in [1.29, 1.82) is 0 Å². The quantitative estimate of drug-likeness (QED) is 0.200. The summed E-state index contributed by atoms with van der Waals surface area (Å²) >= 11 is 0. The summed E-state index contributed by atoms with van der Waals surface area (Å²) in [5.74, 6) is 0.0321. The fourth-order valence-corrected chi connectivity index (χ4v) is 6.61. The van der Waals surface area contributed by atoms with Crippen LogP contribution in [0.15, 0.2) is 71.6 Å². The second-order valence-corrected chi connectivity index (χ2v) is 12.0. The van der Waals surface area contributed by atoms with Gasteiger partial charge in [0, 0.05) is 20.1 Å². The van der Waals surface area contributed by atoms with Crippen LogP contribution in [0.2, 0.25) is 0 Å². The number of nitrogens with one attached hydrogen (secondary N) is 1. The molecular formula is C32H38N2O9S. The normalized spacial score (nSPS) is 15.6. The standard InChI is InChI=1S/C32H38N2O9S/c1-39-16-17-43-21-23-19-28(40-2)30(29(20-23)41-3)24-12-10-22(11-13-24)18-26(32(36)42-4)33-31(35)27-14-15-34(27)44(37,38)25-8-6-5-7-9-25/h5-13,19-20,26-27H,14-18,21H2,1-4H3,(H,33,35)/t26-,27-/m0/s1. The summed E-state index contributed by atoms with van der Waals surface area (Å²) in [6.45, 7) is 1.54. The van der Waals surface area contributed by atoms with E-state index in [1.807, 2.05) is 36.4 Å². The molecule has 11 nitrogen and oxygen atoms in total. The molecule has 3 aromatic carbocycles. The van der Waals surface area contributed by atoms with Gasteiger partial charge in [0.25, 0.3) is 0 Å². The topological polar surface area (TPSA) is 130 Å². The molecule has 2 atom stereocenters. The molecule has 1 saturated heterocycles. The van der Waals surface area contributed by atoms with Gasteiger partial charge in [-0.3, -0.25) is 4.79 Å². The zero-order chi connectivity index (χ0) is 31.7. The molecule has 1 amide bonds. The third kappa shape index (κ3) is 7.56. The van der Waals surface area contributed by atoms with Gasteiger partial charge in [-0.1, -0.05) is 42.5 Å². The molecule has 12 heteroatoms. The largest absolute Gasteiger partial charge is 0.496 e. The van der Waals surface area contributed by atoms with Gasteiger partial charge in [0.1, 0.15) is 23.6 Å². The second kappa shape index (κ2) is 15.2. The number of carbonyl (C=O) groups excluding carboxylic acids is 2. The first-order chi connectivity index (χ1) is 21.2. The van der Waals surface area contributed by atoms with Gasteiger partial charge in [0.05, 0.1) is 51.6 Å². The van der Waals surface area contributed by atoms with Crippen LogP contribution in [0.3, 0.4) is 0 Å². The number of hydrogen-bond donors (Lipinski definition) is 1. The zero-order valence-electron chi connectivity index (χ0n) is 25.3. The maximum atomic E-state index is 13.2. The highest BCUT2D eigenvalue weighted by atomic mass is 32.2. The molecular weight excluding hydrogens is 588 g/mol. The van der Waals surface area contributed by atoms with Gasteiger partial charge in [-0.05, 0) is 47.4 Å². The van der Waals surface area contributed by atoms with Crippen molar-refractivity contribution in [2.24, 2.45) is 0 Å². The SMILES string of the molecule is COCCOCc1cc(OC)c(-c2ccc(C[C@H](NC(=O)[C@@H]3CCN3S(=O)(=O)c3ccccc3)C(=O)OC)cc2)c(OC)c1. The molecule has 1 fully saturated rings. The summed E-state index contributed by atoms with van der Waals surface area (Å²) in [6.07, 6.45) is 0.491. The minimum atomic E-state index is -3.85. The Hall–Kier alpha value is -3.97. The summed E-state index contributed by atoms with van der Waals surface area (Å²) in [5, 5.41) is 2.71. The third-order valence-electron chi connectivity index (χ3n) is 7.37. The van der Waals surface area contributed by atoms with E-state index in [9.17, 15) is 18.0 Å². The number of methoxy groups -OCH3 is 4. The monoisotopic (exact) mass is 626 g/mol. The Morgan fingerprint density at radius 2 is 1.57 bits per heavy atom. The molecule has 1 aliphatic rings. The number of benzene rings is 3. The van der Waals surface area contributed by atoms with Crippen molar-refractivity contribution in [3.05, 3.63) is 77.9 Å². The van der Waals surface area contributed by atoms with Crippen LogP contribution in [0.1, 0.15) is 17.5 Å². The molecule has 4 rings (SSSR count). The summed E-state index contributed by atoms with van der Waals surface area (Å²) < 4.78 is 54.2. The molecule has 0 aromatic heterocycles. The number of hydrogen-bond acceptors (Lipinski definition) is 9. The fraction of sp³-hybridized carbons (Fsp3) is 0.375. The van der Waals surface area contributed by atoms with E-state index in [1.54, 1.807) is 39.5 Å². The highest BCUT2D eigenvalue weighted by molar-refractivity contribution is 7.89. The molecule has 0 unspecified atom stereocenters. The minimum absolute atomic E-state index is 0.111. The lowest BCUT2D eigenvalue weighted by Crippen LogP contribution is -2.60. The molecule has 0 radical (unpaired) electrons. The van der Waals surface area contributed by atoms with Gasteiger partial charge in [-0.2, -0.15) is 4.31 Å². The van der Waals surface area contributed by atoms with Crippen molar-refractivity contribution in [2.45, 2.75) is 36.4 Å². The van der Waals surface area contributed by atoms with Gasteiger partial charge >= 0.3 is 5.97 Å². The van der Waals surface area contributed by atoms with E-state index >= 15 is 0 Å². The number of rotatable bonds is 15. The van der Waals surface area contributed by atoms with Gasteiger partial charge in [-0.15, -0.1) is 0 Å². The van der Waals surface area contributed by atoms with E-state index in [4.69, 9.17) is 23.7 Å². The second-order valence-electron chi connectivity index (χ2n) is 10.1. The van der Waals surface area contributed by atoms with Crippen molar-refractivity contribution >= 4 is 21.9 Å². The Labute approximate surface area is 258 Å². The Balaban J connectivity index is 1.48. The lowest BCUT2D eigenvalue weighted by molar-refractivity contribution is -0.146. The molecule has 0 aliphatic carbocycles. The van der Waals surface area contributed by atoms with Gasteiger partial charge in [0.2, 0.25) is 15.9 Å². The van der Waals surface area contributed by atoms with E-state index in [0.717, 1.165) is 26.6 Å². The van der Waals surface area contributed by atoms with Gasteiger partial charge < -0.3 is 29.0 Å². The van der Waals surface area contributed by atoms with Crippen molar-refractivity contribution in [3.63, 3.8) is 0 Å². The summed E-state index contributed by atoms with van der Waals surface area (Å²) in [7, 11) is 2.18. The summed E-state index contributed by atoms with van der Waals surface area (Å²) in [5.41, 5.74) is 3.22. The van der Waals surface area contributed by atoms with Gasteiger partial charge in [0.15, 0.2) is 0 Å². The first-order valence-corrected chi connectivity index (χ1v) is 15.5. The average Bonchev–Trinajstić information content (AvgIpc) is 3.02. The van der Waals surface area contributed by atoms with Crippen LogP contribution >= 0.6 is 0 Å². The van der Waals surface area contributed by atoms with E-state index in [1.165, 1.54) is 19.2 Å². The van der Waals surface area contributed by atoms with Crippen molar-refractivity contribution in [1.82, 2.24) is 9.62 Å². The van der Waals surface area contributed by atoms with Crippen molar-refractivity contribution < 1.29 is 41.7 Å². The lowest BCUT2D eigenvalue weighted by atomic mass is 9.97. The first kappa shape index (κ1) is 32.9. The van der Waals surface area contributed by atoms with E-state index < -0.39 is 34.0 Å². The maximum Gasteiger partial charge on any atom is 0.328 e. The number of ether oxygens (including phenoxy) is 5. The fourth-order valence-electron chi connectivity index (χ4n) is 4.95. The van der Waals surface area contributed by atoms with Crippen LogP contribution < -0.4 is 14.8 Å². The number of carbonyl (C=O) groups is 2. The van der Waals surface area contributed by atoms with Crippen LogP contribution in [0.25, 0.3) is 11.1 Å². The number of esters is 1. The Kier molecular flexibility index (Phi) is 11.3. The zero-order valence-corrected chi connectivity index (χ0v) is 26.1. The van der Waals surface area contributed by atoms with Crippen molar-refractivity contribution in [3.8, 4) is 22.6 Å². The van der Waals surface area contributed by atoms with E-state index in [-0.39, 0.29) is 17.9 Å². The minimum Gasteiger partial charge on any atom is -0.496 e. The number of sulfonamides is 1. The third-order valence-corrected chi connectivity index (χ3v) is 9.30. The molecule has 0 bridgehead atoms. The molecule has 0 saturated carbocycles. The maximum absolute atomic E-state index is 13.2. The number of amides is 1. The number of nitrogens with zero attached hydrogens (tertiary/aromatic N) is 1. The molecule has 44 heavy (non-hydrogen) atoms. The summed E-state index contributed by atoms with van der Waals surface area (Å²) in [4.78, 5) is 25.9. The van der Waals surface area contributed by atoms with Crippen molar-refractivity contribution in [2.75, 3.05) is 48.2 Å². The highest BCUT2D eigenvalue weighted by Gasteiger charge is 2.43. The highest BCUT2D eigenvalue weighted by Crippen LogP contribution is 2.40. The molecule has 3 aromatic rings. The molecule has 0 spiro atoms. The average molecular weight is 627 g/mol.